The highest BCUT2D eigenvalue weighted by atomic mass is 32.2. The van der Waals surface area contributed by atoms with Crippen LogP contribution in [0, 0.1) is 0 Å². The Kier molecular flexibility index (Phi) is 4.54. The molecule has 0 fully saturated rings. The van der Waals surface area contributed by atoms with Gasteiger partial charge in [-0.05, 0) is 29.2 Å². The van der Waals surface area contributed by atoms with Gasteiger partial charge in [0.15, 0.2) is 0 Å². The molecule has 0 amide bonds. The first-order valence-electron chi connectivity index (χ1n) is 9.30. The molecule has 0 radical (unpaired) electrons. The second-order valence-corrected chi connectivity index (χ2v) is 7.71. The maximum Gasteiger partial charge on any atom is 0.272 e. The molecule has 5 rings (SSSR count). The fourth-order valence-corrected chi connectivity index (χ4v) is 4.27. The molecule has 1 atom stereocenters. The van der Waals surface area contributed by atoms with E-state index in [0.29, 0.717) is 5.39 Å². The monoisotopic (exact) mass is 398 g/mol. The predicted molar refractivity (Wildman–Crippen MR) is 120 cm³/mol. The summed E-state index contributed by atoms with van der Waals surface area (Å²) in [6.07, 6.45) is 0. The number of H-pyrrole nitrogens is 1. The van der Waals surface area contributed by atoms with Crippen LogP contribution in [0.15, 0.2) is 89.1 Å². The van der Waals surface area contributed by atoms with E-state index >= 15 is 0 Å². The molecule has 0 spiro atoms. The molecule has 2 heterocycles. The van der Waals surface area contributed by atoms with E-state index in [0.717, 1.165) is 28.0 Å². The van der Waals surface area contributed by atoms with Crippen molar-refractivity contribution in [3.05, 3.63) is 100 Å². The molecule has 0 saturated carbocycles. The summed E-state index contributed by atoms with van der Waals surface area (Å²) in [6.45, 7) is 0. The van der Waals surface area contributed by atoms with Crippen LogP contribution in [-0.4, -0.2) is 15.7 Å². The summed E-state index contributed by atoms with van der Waals surface area (Å²) in [5, 5.41) is 17.5. The Balaban J connectivity index is 1.33. The molecular formula is C23H18N4OS. The Bertz CT molecular complexity index is 1250. The number of fused-ring (bicyclic) bond motifs is 1. The average Bonchev–Trinajstić information content (AvgIpc) is 3.24. The van der Waals surface area contributed by atoms with Crippen molar-refractivity contribution in [2.45, 2.75) is 5.50 Å². The topological polar surface area (TPSA) is 69.8 Å². The normalized spacial score (nSPS) is 15.7. The Morgan fingerprint density at radius 3 is 2.34 bits per heavy atom. The number of nitrogens with one attached hydrogen (secondary N) is 3. The third-order valence-electron chi connectivity index (χ3n) is 4.85. The van der Waals surface area contributed by atoms with Crippen molar-refractivity contribution >= 4 is 33.9 Å². The smallest absolute Gasteiger partial charge is 0.272 e. The Labute approximate surface area is 171 Å². The van der Waals surface area contributed by atoms with E-state index in [1.807, 2.05) is 66.7 Å². The number of anilines is 1. The van der Waals surface area contributed by atoms with Crippen LogP contribution in [-0.2, 0) is 0 Å². The largest absolute Gasteiger partial charge is 0.357 e. The quantitative estimate of drug-likeness (QED) is 0.468. The molecule has 0 saturated heterocycles. The summed E-state index contributed by atoms with van der Waals surface area (Å²) in [6, 6.07) is 25.9. The van der Waals surface area contributed by atoms with Gasteiger partial charge >= 0.3 is 0 Å². The summed E-state index contributed by atoms with van der Waals surface area (Å²) in [4.78, 5) is 12.0. The molecule has 1 aliphatic heterocycles. The highest BCUT2D eigenvalue weighted by molar-refractivity contribution is 8.03. The van der Waals surface area contributed by atoms with Gasteiger partial charge in [-0.2, -0.15) is 5.10 Å². The molecule has 0 aliphatic carbocycles. The SMILES string of the molecule is O=c1[nH]nc(-c2ccc(NC3NC(c4ccccc4)=CS3)cc2)c2ccccc12. The van der Waals surface area contributed by atoms with E-state index in [1.54, 1.807) is 11.8 Å². The first kappa shape index (κ1) is 17.6. The van der Waals surface area contributed by atoms with Crippen LogP contribution >= 0.6 is 11.8 Å². The number of benzene rings is 3. The number of aromatic amines is 1. The van der Waals surface area contributed by atoms with Crippen molar-refractivity contribution in [3.8, 4) is 11.3 Å². The molecule has 3 N–H and O–H groups in total. The van der Waals surface area contributed by atoms with Gasteiger partial charge in [0, 0.05) is 16.6 Å². The molecule has 5 nitrogen and oxygen atoms in total. The van der Waals surface area contributed by atoms with E-state index in [2.05, 4.69) is 38.4 Å². The molecule has 1 aromatic heterocycles. The summed E-state index contributed by atoms with van der Waals surface area (Å²) < 4.78 is 0. The highest BCUT2D eigenvalue weighted by Crippen LogP contribution is 2.29. The lowest BCUT2D eigenvalue weighted by Gasteiger charge is -2.16. The van der Waals surface area contributed by atoms with Crippen molar-refractivity contribution in [2.75, 3.05) is 5.32 Å². The third-order valence-corrected chi connectivity index (χ3v) is 5.73. The van der Waals surface area contributed by atoms with Crippen molar-refractivity contribution < 1.29 is 0 Å². The van der Waals surface area contributed by atoms with Crippen LogP contribution in [0.1, 0.15) is 5.56 Å². The minimum atomic E-state index is -0.173. The van der Waals surface area contributed by atoms with Crippen molar-refractivity contribution in [3.63, 3.8) is 0 Å². The maximum atomic E-state index is 12.0. The average molecular weight is 398 g/mol. The molecular weight excluding hydrogens is 380 g/mol. The third kappa shape index (κ3) is 3.50. The van der Waals surface area contributed by atoms with Crippen LogP contribution in [0.3, 0.4) is 0 Å². The highest BCUT2D eigenvalue weighted by Gasteiger charge is 2.17. The number of aromatic nitrogens is 2. The number of hydrogen-bond acceptors (Lipinski definition) is 5. The molecule has 142 valence electrons. The summed E-state index contributed by atoms with van der Waals surface area (Å²) in [7, 11) is 0. The summed E-state index contributed by atoms with van der Waals surface area (Å²) in [5.41, 5.74) is 4.93. The molecule has 1 aliphatic rings. The summed E-state index contributed by atoms with van der Waals surface area (Å²) >= 11 is 1.71. The van der Waals surface area contributed by atoms with Gasteiger partial charge in [-0.15, -0.1) is 0 Å². The van der Waals surface area contributed by atoms with Gasteiger partial charge in [0.2, 0.25) is 0 Å². The van der Waals surface area contributed by atoms with E-state index in [-0.39, 0.29) is 11.1 Å². The van der Waals surface area contributed by atoms with Gasteiger partial charge in [-0.3, -0.25) is 4.79 Å². The van der Waals surface area contributed by atoms with Crippen molar-refractivity contribution in [1.29, 1.82) is 0 Å². The maximum absolute atomic E-state index is 12.0. The van der Waals surface area contributed by atoms with Gasteiger partial charge in [0.05, 0.1) is 16.8 Å². The van der Waals surface area contributed by atoms with Crippen molar-refractivity contribution in [2.24, 2.45) is 0 Å². The molecule has 29 heavy (non-hydrogen) atoms. The second-order valence-electron chi connectivity index (χ2n) is 6.73. The lowest BCUT2D eigenvalue weighted by atomic mass is 10.0. The van der Waals surface area contributed by atoms with Gasteiger partial charge in [-0.25, -0.2) is 5.10 Å². The zero-order valence-corrected chi connectivity index (χ0v) is 16.2. The number of hydrogen-bond donors (Lipinski definition) is 3. The molecule has 3 aromatic carbocycles. The van der Waals surface area contributed by atoms with Crippen LogP contribution in [0.2, 0.25) is 0 Å². The molecule has 4 aromatic rings. The van der Waals surface area contributed by atoms with E-state index in [9.17, 15) is 4.79 Å². The summed E-state index contributed by atoms with van der Waals surface area (Å²) in [5.74, 6) is 0. The van der Waals surface area contributed by atoms with Gasteiger partial charge in [-0.1, -0.05) is 72.4 Å². The number of rotatable bonds is 4. The minimum Gasteiger partial charge on any atom is -0.357 e. The number of nitrogens with zero attached hydrogens (tertiary/aromatic N) is 1. The van der Waals surface area contributed by atoms with E-state index in [1.165, 1.54) is 5.56 Å². The molecule has 1 unspecified atom stereocenters. The number of thioether (sulfide) groups is 1. The van der Waals surface area contributed by atoms with E-state index < -0.39 is 0 Å². The van der Waals surface area contributed by atoms with Crippen molar-refractivity contribution in [1.82, 2.24) is 15.5 Å². The van der Waals surface area contributed by atoms with Gasteiger partial charge < -0.3 is 10.6 Å². The van der Waals surface area contributed by atoms with Crippen LogP contribution in [0.25, 0.3) is 27.7 Å². The second kappa shape index (κ2) is 7.48. The lowest BCUT2D eigenvalue weighted by molar-refractivity contribution is 0.905. The predicted octanol–water partition coefficient (Wildman–Crippen LogP) is 4.62. The fraction of sp³-hybridized carbons (Fsp3) is 0.0435. The zero-order chi connectivity index (χ0) is 19.6. The zero-order valence-electron chi connectivity index (χ0n) is 15.4. The van der Waals surface area contributed by atoms with Gasteiger partial charge in [0.1, 0.15) is 5.50 Å². The first-order chi connectivity index (χ1) is 14.3. The van der Waals surface area contributed by atoms with E-state index in [4.69, 9.17) is 0 Å². The van der Waals surface area contributed by atoms with Crippen LogP contribution in [0.4, 0.5) is 5.69 Å². The Hall–Kier alpha value is -3.51. The lowest BCUT2D eigenvalue weighted by Crippen LogP contribution is -2.27. The molecule has 6 heteroatoms. The van der Waals surface area contributed by atoms with Crippen LogP contribution in [0.5, 0.6) is 0 Å². The Morgan fingerprint density at radius 2 is 1.55 bits per heavy atom. The molecule has 0 bridgehead atoms. The first-order valence-corrected chi connectivity index (χ1v) is 10.2. The minimum absolute atomic E-state index is 0.0723. The Morgan fingerprint density at radius 1 is 0.828 bits per heavy atom. The van der Waals surface area contributed by atoms with Gasteiger partial charge in [0.25, 0.3) is 5.56 Å². The van der Waals surface area contributed by atoms with Crippen LogP contribution < -0.4 is 16.2 Å². The fourth-order valence-electron chi connectivity index (χ4n) is 3.40. The standard InChI is InChI=1S/C23H18N4OS/c28-22-19-9-5-4-8-18(19)21(26-27-22)16-10-12-17(13-11-16)24-23-25-20(14-29-23)15-6-2-1-3-7-15/h1-14,23-25H,(H,27,28).